The van der Waals surface area contributed by atoms with Gasteiger partial charge in [0.15, 0.2) is 0 Å². The second-order valence-corrected chi connectivity index (χ2v) is 24.4. The van der Waals surface area contributed by atoms with Crippen molar-refractivity contribution in [3.05, 3.63) is 227 Å². The normalized spacial score (nSPS) is 12.8. The van der Waals surface area contributed by atoms with Crippen LogP contribution in [0.5, 0.6) is 0 Å². The van der Waals surface area contributed by atoms with E-state index < -0.39 is 8.07 Å². The third-order valence-electron chi connectivity index (χ3n) is 13.8. The van der Waals surface area contributed by atoms with Gasteiger partial charge in [-0.2, -0.15) is 31.0 Å². The van der Waals surface area contributed by atoms with Crippen molar-refractivity contribution in [3.8, 4) is 55.9 Å². The predicted octanol–water partition coefficient (Wildman–Crippen LogP) is 15.3. The van der Waals surface area contributed by atoms with Gasteiger partial charge in [-0.1, -0.05) is 172 Å². The van der Waals surface area contributed by atoms with Crippen LogP contribution in [0.1, 0.15) is 42.4 Å². The van der Waals surface area contributed by atoms with E-state index in [9.17, 15) is 0 Å². The van der Waals surface area contributed by atoms with Crippen molar-refractivity contribution in [3.63, 3.8) is 0 Å². The number of nitrogens with zero attached hydrogens (tertiary/aromatic N) is 2. The predicted molar refractivity (Wildman–Crippen MR) is 284 cm³/mol. The van der Waals surface area contributed by atoms with E-state index in [0.717, 1.165) is 61.4 Å². The van der Waals surface area contributed by atoms with E-state index in [4.69, 9.17) is 4.42 Å². The number of aromatic nitrogens is 2. The summed E-state index contributed by atoms with van der Waals surface area (Å²) in [5.41, 5.74) is 16.8. The quantitative estimate of drug-likeness (QED) is 0.0844. The summed E-state index contributed by atoms with van der Waals surface area (Å²) in [7, 11) is 7.18. The Morgan fingerprint density at radius 2 is 1.13 bits per heavy atom. The van der Waals surface area contributed by atoms with Crippen LogP contribution in [0.3, 0.4) is 0 Å². The van der Waals surface area contributed by atoms with Crippen molar-refractivity contribution < 1.29 is 33.7 Å². The Bertz CT molecular complexity index is 3410. The molecule has 0 amide bonds. The summed E-state index contributed by atoms with van der Waals surface area (Å²) in [5, 5.41) is 6.19. The van der Waals surface area contributed by atoms with Gasteiger partial charge in [0.2, 0.25) is 0 Å². The van der Waals surface area contributed by atoms with E-state index in [1.54, 1.807) is 10.8 Å². The number of pyridine rings is 2. The van der Waals surface area contributed by atoms with Crippen LogP contribution in [-0.2, 0) is 26.5 Å². The Balaban J connectivity index is 0.000000171. The average Bonchev–Trinajstić information content (AvgIpc) is 3.99. The molecule has 3 heterocycles. The summed E-state index contributed by atoms with van der Waals surface area (Å²) in [6.07, 6.45) is 11.1. The maximum atomic E-state index is 6.36. The molecule has 341 valence electrons. The van der Waals surface area contributed by atoms with Gasteiger partial charge in [-0.25, -0.2) is 0 Å². The molecule has 0 N–H and O–H groups in total. The Kier molecular flexibility index (Phi) is 13.3. The minimum atomic E-state index is -1.46. The van der Waals surface area contributed by atoms with E-state index in [1.165, 1.54) is 76.4 Å². The molecule has 0 saturated heterocycles. The first-order valence-corrected chi connectivity index (χ1v) is 27.1. The van der Waals surface area contributed by atoms with Gasteiger partial charge in [0.25, 0.3) is 0 Å². The zero-order valence-corrected chi connectivity index (χ0v) is 42.8. The van der Waals surface area contributed by atoms with E-state index in [1.807, 2.05) is 22.9 Å². The summed E-state index contributed by atoms with van der Waals surface area (Å²) in [6, 6.07) is 59.9. The Morgan fingerprint density at radius 1 is 0.515 bits per heavy atom. The van der Waals surface area contributed by atoms with Gasteiger partial charge < -0.3 is 13.6 Å². The molecule has 7 aromatic carbocycles. The maximum Gasteiger partial charge on any atom is 0.134 e. The van der Waals surface area contributed by atoms with Gasteiger partial charge in [0.1, 0.15) is 5.58 Å². The smallest absolute Gasteiger partial charge is 0.134 e. The van der Waals surface area contributed by atoms with Crippen molar-refractivity contribution in [2.45, 2.75) is 51.7 Å². The summed E-state index contributed by atoms with van der Waals surface area (Å²) >= 11 is 0. The first kappa shape index (κ1) is 46.4. The van der Waals surface area contributed by atoms with Gasteiger partial charge in [-0.3, -0.25) is 0 Å². The number of benzene rings is 7. The molecule has 3 nitrogen and oxygen atoms in total. The fraction of sp³-hybridized carbons (Fsp3) is 0.143. The molecule has 1 radical (unpaired) electrons. The zero-order chi connectivity index (χ0) is 46.2. The van der Waals surface area contributed by atoms with Crippen molar-refractivity contribution >= 4 is 46.0 Å². The molecule has 0 spiro atoms. The van der Waals surface area contributed by atoms with Crippen LogP contribution in [0.4, 0.5) is 0 Å². The molecule has 3 aromatic heterocycles. The van der Waals surface area contributed by atoms with Crippen LogP contribution >= 0.6 is 0 Å². The molecule has 0 atom stereocenters. The molecule has 5 heteroatoms. The van der Waals surface area contributed by atoms with E-state index in [0.29, 0.717) is 0 Å². The standard InChI is InChI=1S/C35H24NO.C28H34NSi.Ir/c1-23-19-34-32(22-31(23)33-20-26(17-18-36(33)2)24-9-4-3-5-10-24)30-16-15-27(21-35(30)37-34)29-14-8-12-25-11-6-7-13-28(25)29;1-21-15-16-24(23-13-7-6-8-14-23)18-26(21)27-19-25(17-22-11-9-10-12-22)28(20-29(27)2)30(3,4)5;/h3-22H,1-2H2;6-8,13-16,18-20,22H,1-2,9-12,17H2,3-5H3;/q2*-1;. The second kappa shape index (κ2) is 19.5. The van der Waals surface area contributed by atoms with Crippen LogP contribution in [-0.4, -0.2) is 8.07 Å². The molecular formula is C63H58IrN2OSi-2. The van der Waals surface area contributed by atoms with Crippen LogP contribution in [0.15, 0.2) is 187 Å². The summed E-state index contributed by atoms with van der Waals surface area (Å²) in [6.45, 7) is 16.0. The molecule has 0 unspecified atom stereocenters. The molecule has 0 bridgehead atoms. The van der Waals surface area contributed by atoms with Crippen molar-refractivity contribution in [2.75, 3.05) is 0 Å². The number of hydrogen-bond acceptors (Lipinski definition) is 1. The molecule has 1 fully saturated rings. The third-order valence-corrected chi connectivity index (χ3v) is 15.8. The van der Waals surface area contributed by atoms with Gasteiger partial charge in [0, 0.05) is 45.0 Å². The van der Waals surface area contributed by atoms with E-state index >= 15 is 0 Å². The molecule has 11 rings (SSSR count). The first-order chi connectivity index (χ1) is 32.5. The number of hydrogen-bond donors (Lipinski definition) is 0. The van der Waals surface area contributed by atoms with Crippen molar-refractivity contribution in [1.82, 2.24) is 0 Å². The zero-order valence-electron chi connectivity index (χ0n) is 39.4. The number of rotatable bonds is 8. The van der Waals surface area contributed by atoms with E-state index in [2.05, 4.69) is 216 Å². The maximum absolute atomic E-state index is 6.36. The van der Waals surface area contributed by atoms with Crippen LogP contribution in [0.25, 0.3) is 88.6 Å². The molecule has 1 aliphatic rings. The van der Waals surface area contributed by atoms with E-state index in [-0.39, 0.29) is 20.1 Å². The second-order valence-electron chi connectivity index (χ2n) is 19.4. The first-order valence-electron chi connectivity index (χ1n) is 23.6. The molecule has 1 saturated carbocycles. The Morgan fingerprint density at radius 3 is 1.85 bits per heavy atom. The summed E-state index contributed by atoms with van der Waals surface area (Å²) in [5.74, 6) is 0.837. The minimum absolute atomic E-state index is 0. The SMILES string of the molecule is [CH2-]c1cc2oc3cc(-c4cccc5ccccc45)ccc3c2cc1-c1cc(-c2ccccc2)cc[n+]1[CH2-].[CH2-]c1ccc(-c2ccccc2)cc1-c1cc(CC2CCCC2)c([Si](C)(C)C)c[n+]1[CH2-].[Ir]. The average molecular weight is 1080 g/mol. The largest absolute Gasteiger partial charge is 0.469 e. The van der Waals surface area contributed by atoms with Crippen LogP contribution < -0.4 is 14.3 Å². The van der Waals surface area contributed by atoms with Gasteiger partial charge in [-0.05, 0) is 79.9 Å². The van der Waals surface area contributed by atoms with Gasteiger partial charge in [-0.15, -0.1) is 35.4 Å². The van der Waals surface area contributed by atoms with Gasteiger partial charge in [0.05, 0.1) is 37.4 Å². The fourth-order valence-corrected chi connectivity index (χ4v) is 11.9. The molecule has 10 aromatic rings. The molecule has 68 heavy (non-hydrogen) atoms. The number of furan rings is 1. The topological polar surface area (TPSA) is 20.9 Å². The minimum Gasteiger partial charge on any atom is -0.469 e. The van der Waals surface area contributed by atoms with Crippen molar-refractivity contribution in [2.24, 2.45) is 5.92 Å². The number of fused-ring (bicyclic) bond motifs is 4. The monoisotopic (exact) mass is 1080 g/mol. The Hall–Kier alpha value is -6.75. The Labute approximate surface area is 417 Å². The summed E-state index contributed by atoms with van der Waals surface area (Å²) < 4.78 is 10.4. The fourth-order valence-electron chi connectivity index (χ4n) is 10.2. The van der Waals surface area contributed by atoms with Crippen LogP contribution in [0, 0.1) is 33.9 Å². The molecular weight excluding hydrogens is 1020 g/mol. The van der Waals surface area contributed by atoms with Crippen molar-refractivity contribution in [1.29, 1.82) is 0 Å². The van der Waals surface area contributed by atoms with Crippen LogP contribution in [0.2, 0.25) is 19.6 Å². The third kappa shape index (κ3) is 9.40. The molecule has 1 aliphatic carbocycles. The molecule has 0 aliphatic heterocycles. The summed E-state index contributed by atoms with van der Waals surface area (Å²) in [4.78, 5) is 0. The van der Waals surface area contributed by atoms with Gasteiger partial charge >= 0.3 is 0 Å².